The molecule has 1 unspecified atom stereocenters. The van der Waals surface area contributed by atoms with Crippen molar-refractivity contribution in [3.63, 3.8) is 0 Å². The molecule has 5 nitrogen and oxygen atoms in total. The van der Waals surface area contributed by atoms with Gasteiger partial charge in [0.2, 0.25) is 0 Å². The summed E-state index contributed by atoms with van der Waals surface area (Å²) in [6.07, 6.45) is 5.99. The lowest BCUT2D eigenvalue weighted by molar-refractivity contribution is -0.141. The van der Waals surface area contributed by atoms with E-state index in [0.29, 0.717) is 17.8 Å². The smallest absolute Gasteiger partial charge is 0.408 e. The average molecular weight is 283 g/mol. The van der Waals surface area contributed by atoms with Crippen LogP contribution in [0, 0.1) is 11.3 Å². The molecule has 0 radical (unpaired) electrons. The van der Waals surface area contributed by atoms with Crippen LogP contribution in [0.25, 0.3) is 0 Å². The second-order valence-electron chi connectivity index (χ2n) is 7.40. The molecule has 2 fully saturated rings. The Hall–Kier alpha value is -1.26. The van der Waals surface area contributed by atoms with Crippen molar-refractivity contribution in [1.82, 2.24) is 5.32 Å². The molecule has 2 rings (SSSR count). The van der Waals surface area contributed by atoms with Gasteiger partial charge in [-0.3, -0.25) is 0 Å². The topological polar surface area (TPSA) is 75.6 Å². The number of rotatable bonds is 4. The van der Waals surface area contributed by atoms with Crippen LogP contribution >= 0.6 is 0 Å². The highest BCUT2D eigenvalue weighted by Crippen LogP contribution is 2.59. The van der Waals surface area contributed by atoms with Gasteiger partial charge in [0.15, 0.2) is 0 Å². The van der Waals surface area contributed by atoms with Gasteiger partial charge >= 0.3 is 12.1 Å². The summed E-state index contributed by atoms with van der Waals surface area (Å²) in [4.78, 5) is 22.9. The SMILES string of the molecule is CC(C)(C)OC(=O)NC(CC1CC2(CCC2)C1)C(=O)O. The molecule has 0 saturated heterocycles. The predicted octanol–water partition coefficient (Wildman–Crippen LogP) is 2.93. The Balaban J connectivity index is 1.79. The van der Waals surface area contributed by atoms with E-state index in [2.05, 4.69) is 5.32 Å². The third-order valence-corrected chi connectivity index (χ3v) is 4.42. The summed E-state index contributed by atoms with van der Waals surface area (Å²) in [5.41, 5.74) is -0.0841. The van der Waals surface area contributed by atoms with Gasteiger partial charge in [0.1, 0.15) is 11.6 Å². The van der Waals surface area contributed by atoms with Gasteiger partial charge in [-0.2, -0.15) is 0 Å². The Kier molecular flexibility index (Phi) is 3.98. The Morgan fingerprint density at radius 3 is 2.35 bits per heavy atom. The molecule has 1 amide bonds. The molecule has 2 N–H and O–H groups in total. The van der Waals surface area contributed by atoms with Crippen molar-refractivity contribution >= 4 is 12.1 Å². The van der Waals surface area contributed by atoms with Gasteiger partial charge < -0.3 is 15.2 Å². The van der Waals surface area contributed by atoms with E-state index in [1.165, 1.54) is 19.3 Å². The maximum atomic E-state index is 11.7. The minimum atomic E-state index is -0.981. The number of carboxylic acid groups (broad SMARTS) is 1. The summed E-state index contributed by atoms with van der Waals surface area (Å²) in [7, 11) is 0. The normalized spacial score (nSPS) is 22.6. The first-order valence-electron chi connectivity index (χ1n) is 7.41. The van der Waals surface area contributed by atoms with Gasteiger partial charge in [0.25, 0.3) is 0 Å². The van der Waals surface area contributed by atoms with E-state index in [0.717, 1.165) is 12.8 Å². The number of carbonyl (C=O) groups is 2. The average Bonchev–Trinajstić information content (AvgIpc) is 2.14. The number of nitrogens with one attached hydrogen (secondary N) is 1. The van der Waals surface area contributed by atoms with Crippen molar-refractivity contribution in [3.8, 4) is 0 Å². The summed E-state index contributed by atoms with van der Waals surface area (Å²) in [6.45, 7) is 5.28. The molecule has 20 heavy (non-hydrogen) atoms. The summed E-state index contributed by atoms with van der Waals surface area (Å²) >= 11 is 0. The van der Waals surface area contributed by atoms with Crippen LogP contribution in [-0.2, 0) is 9.53 Å². The molecule has 0 aromatic rings. The Morgan fingerprint density at radius 1 is 1.35 bits per heavy atom. The van der Waals surface area contributed by atoms with Crippen LogP contribution in [0.4, 0.5) is 4.79 Å². The highest BCUT2D eigenvalue weighted by atomic mass is 16.6. The van der Waals surface area contributed by atoms with Crippen molar-refractivity contribution in [2.24, 2.45) is 11.3 Å². The second kappa shape index (κ2) is 5.26. The summed E-state index contributed by atoms with van der Waals surface area (Å²) in [5.74, 6) is -0.559. The number of hydrogen-bond acceptors (Lipinski definition) is 3. The first kappa shape index (κ1) is 15.1. The van der Waals surface area contributed by atoms with Crippen LogP contribution in [-0.4, -0.2) is 28.8 Å². The first-order valence-corrected chi connectivity index (χ1v) is 7.41. The Labute approximate surface area is 120 Å². The number of carbonyl (C=O) groups excluding carboxylic acids is 1. The number of carboxylic acids is 1. The lowest BCUT2D eigenvalue weighted by atomic mass is 9.51. The first-order chi connectivity index (χ1) is 9.19. The van der Waals surface area contributed by atoms with Crippen molar-refractivity contribution in [1.29, 1.82) is 0 Å². The molecule has 0 heterocycles. The minimum Gasteiger partial charge on any atom is -0.480 e. The van der Waals surface area contributed by atoms with Gasteiger partial charge in [0, 0.05) is 0 Å². The standard InChI is InChI=1S/C15H25NO4/c1-14(2,3)20-13(19)16-11(12(17)18)7-10-8-15(9-10)5-4-6-15/h10-11H,4-9H2,1-3H3,(H,16,19)(H,17,18). The number of amides is 1. The Bertz CT molecular complexity index is 387. The van der Waals surface area contributed by atoms with Crippen LogP contribution < -0.4 is 5.32 Å². The van der Waals surface area contributed by atoms with Crippen molar-refractivity contribution in [3.05, 3.63) is 0 Å². The molecule has 0 aromatic heterocycles. The van der Waals surface area contributed by atoms with E-state index in [9.17, 15) is 14.7 Å². The monoisotopic (exact) mass is 283 g/mol. The highest BCUT2D eigenvalue weighted by molar-refractivity contribution is 5.80. The second-order valence-corrected chi connectivity index (χ2v) is 7.40. The summed E-state index contributed by atoms with van der Waals surface area (Å²) in [6, 6.07) is -0.840. The minimum absolute atomic E-state index is 0.423. The maximum absolute atomic E-state index is 11.7. The van der Waals surface area contributed by atoms with E-state index in [-0.39, 0.29) is 0 Å². The predicted molar refractivity (Wildman–Crippen MR) is 74.4 cm³/mol. The van der Waals surface area contributed by atoms with Crippen molar-refractivity contribution in [2.75, 3.05) is 0 Å². The van der Waals surface area contributed by atoms with Crippen LogP contribution in [0.15, 0.2) is 0 Å². The zero-order chi connectivity index (χ0) is 15.0. The summed E-state index contributed by atoms with van der Waals surface area (Å²) < 4.78 is 5.11. The van der Waals surface area contributed by atoms with E-state index in [4.69, 9.17) is 4.74 Å². The lowest BCUT2D eigenvalue weighted by Crippen LogP contribution is -2.49. The fourth-order valence-electron chi connectivity index (χ4n) is 3.42. The molecule has 1 atom stereocenters. The third kappa shape index (κ3) is 3.64. The lowest BCUT2D eigenvalue weighted by Gasteiger charge is -2.54. The number of aliphatic carboxylic acids is 1. The zero-order valence-electron chi connectivity index (χ0n) is 12.6. The van der Waals surface area contributed by atoms with Gasteiger partial charge in [-0.15, -0.1) is 0 Å². The van der Waals surface area contributed by atoms with Crippen LogP contribution in [0.3, 0.4) is 0 Å². The van der Waals surface area contributed by atoms with E-state index in [1.807, 2.05) is 0 Å². The highest BCUT2D eigenvalue weighted by Gasteiger charge is 2.48. The molecule has 2 aliphatic carbocycles. The maximum Gasteiger partial charge on any atom is 0.408 e. The molecule has 0 aromatic carbocycles. The molecular formula is C15H25NO4. The van der Waals surface area contributed by atoms with E-state index in [1.54, 1.807) is 20.8 Å². The molecule has 1 spiro atoms. The third-order valence-electron chi connectivity index (χ3n) is 4.42. The number of hydrogen-bond donors (Lipinski definition) is 2. The largest absolute Gasteiger partial charge is 0.480 e. The van der Waals surface area contributed by atoms with Gasteiger partial charge in [-0.1, -0.05) is 6.42 Å². The molecular weight excluding hydrogens is 258 g/mol. The van der Waals surface area contributed by atoms with Crippen LogP contribution in [0.2, 0.25) is 0 Å². The molecule has 2 aliphatic rings. The fraction of sp³-hybridized carbons (Fsp3) is 0.867. The van der Waals surface area contributed by atoms with Crippen molar-refractivity contribution in [2.45, 2.75) is 70.9 Å². The number of alkyl carbamates (subject to hydrolysis) is 1. The quantitative estimate of drug-likeness (QED) is 0.831. The van der Waals surface area contributed by atoms with Crippen molar-refractivity contribution < 1.29 is 19.4 Å². The molecule has 0 bridgehead atoms. The molecule has 5 heteroatoms. The van der Waals surface area contributed by atoms with Crippen LogP contribution in [0.5, 0.6) is 0 Å². The number of ether oxygens (including phenoxy) is 1. The zero-order valence-corrected chi connectivity index (χ0v) is 12.6. The Morgan fingerprint density at radius 2 is 1.95 bits per heavy atom. The van der Waals surface area contributed by atoms with Gasteiger partial charge in [0.05, 0.1) is 0 Å². The van der Waals surface area contributed by atoms with E-state index < -0.39 is 23.7 Å². The van der Waals surface area contributed by atoms with Gasteiger partial charge in [-0.25, -0.2) is 9.59 Å². The van der Waals surface area contributed by atoms with E-state index >= 15 is 0 Å². The fourth-order valence-corrected chi connectivity index (χ4v) is 3.42. The summed E-state index contributed by atoms with van der Waals surface area (Å²) in [5, 5.41) is 11.7. The molecule has 0 aliphatic heterocycles. The van der Waals surface area contributed by atoms with Crippen LogP contribution in [0.1, 0.15) is 59.3 Å². The molecule has 2 saturated carbocycles. The molecule has 114 valence electrons. The van der Waals surface area contributed by atoms with Gasteiger partial charge in [-0.05, 0) is 64.2 Å².